The molecule has 0 aliphatic carbocycles. The molecule has 146 valence electrons. The minimum atomic E-state index is -0.599. The van der Waals surface area contributed by atoms with Crippen molar-refractivity contribution < 1.29 is 23.9 Å². The molecule has 0 spiro atoms. The third kappa shape index (κ3) is 4.96. The molecule has 0 unspecified atom stereocenters. The average Bonchev–Trinajstić information content (AvgIpc) is 2.68. The quantitative estimate of drug-likeness (QED) is 0.352. The summed E-state index contributed by atoms with van der Waals surface area (Å²) in [5.74, 6) is -1.20. The van der Waals surface area contributed by atoms with Gasteiger partial charge in [-0.15, -0.1) is 0 Å². The Morgan fingerprint density at radius 3 is 1.76 bits per heavy atom. The number of hydrogen-bond donors (Lipinski definition) is 0. The molecule has 5 heteroatoms. The number of hydrogen-bond acceptors (Lipinski definition) is 5. The number of benzene rings is 3. The van der Waals surface area contributed by atoms with E-state index in [1.54, 1.807) is 36.4 Å². The van der Waals surface area contributed by atoms with E-state index in [-0.39, 0.29) is 22.8 Å². The fourth-order valence-corrected chi connectivity index (χ4v) is 2.81. The maximum absolute atomic E-state index is 12.5. The molecule has 0 radical (unpaired) electrons. The van der Waals surface area contributed by atoms with Gasteiger partial charge in [0, 0.05) is 6.07 Å². The summed E-state index contributed by atoms with van der Waals surface area (Å²) >= 11 is 0. The molecule has 0 aliphatic heterocycles. The van der Waals surface area contributed by atoms with Gasteiger partial charge in [-0.3, -0.25) is 4.79 Å². The minimum Gasteiger partial charge on any atom is -0.423 e. The highest BCUT2D eigenvalue weighted by Gasteiger charge is 2.17. The third-order valence-electron chi connectivity index (χ3n) is 4.25. The van der Waals surface area contributed by atoms with Crippen LogP contribution in [-0.4, -0.2) is 17.7 Å². The summed E-state index contributed by atoms with van der Waals surface area (Å²) in [6, 6.07) is 18.3. The first kappa shape index (κ1) is 20.0. The summed E-state index contributed by atoms with van der Waals surface area (Å²) in [6.07, 6.45) is 0. The van der Waals surface area contributed by atoms with E-state index in [1.165, 1.54) is 25.1 Å². The monoisotopic (exact) mass is 388 g/mol. The van der Waals surface area contributed by atoms with Gasteiger partial charge < -0.3 is 9.47 Å². The summed E-state index contributed by atoms with van der Waals surface area (Å²) in [7, 11) is 0. The Labute approximate surface area is 168 Å². The van der Waals surface area contributed by atoms with E-state index in [2.05, 4.69) is 0 Å². The topological polar surface area (TPSA) is 69.7 Å². The van der Waals surface area contributed by atoms with Crippen molar-refractivity contribution in [2.45, 2.75) is 20.8 Å². The van der Waals surface area contributed by atoms with Crippen LogP contribution in [0.3, 0.4) is 0 Å². The van der Waals surface area contributed by atoms with Crippen LogP contribution in [0.5, 0.6) is 11.5 Å². The summed E-state index contributed by atoms with van der Waals surface area (Å²) in [4.78, 5) is 36.8. The summed E-state index contributed by atoms with van der Waals surface area (Å²) in [5.41, 5.74) is 2.83. The molecule has 0 N–H and O–H groups in total. The Balaban J connectivity index is 1.87. The third-order valence-corrected chi connectivity index (χ3v) is 4.25. The summed E-state index contributed by atoms with van der Waals surface area (Å²) < 4.78 is 10.8. The second kappa shape index (κ2) is 8.52. The van der Waals surface area contributed by atoms with E-state index in [0.29, 0.717) is 11.1 Å². The molecule has 0 aromatic heterocycles. The number of esters is 2. The second-order valence-corrected chi connectivity index (χ2v) is 6.73. The van der Waals surface area contributed by atoms with Crippen LogP contribution < -0.4 is 9.47 Å². The Kier molecular flexibility index (Phi) is 5.88. The molecule has 0 heterocycles. The average molecular weight is 388 g/mol. The molecule has 0 fully saturated rings. The zero-order chi connectivity index (χ0) is 21.0. The van der Waals surface area contributed by atoms with Crippen LogP contribution >= 0.6 is 0 Å². The highest BCUT2D eigenvalue weighted by atomic mass is 16.5. The van der Waals surface area contributed by atoms with E-state index in [0.717, 1.165) is 11.1 Å². The molecule has 3 rings (SSSR count). The maximum atomic E-state index is 12.5. The van der Waals surface area contributed by atoms with Crippen LogP contribution in [-0.2, 0) is 0 Å². The number of carbonyl (C=O) groups is 3. The summed E-state index contributed by atoms with van der Waals surface area (Å²) in [5, 5.41) is 0. The normalized spacial score (nSPS) is 10.3. The van der Waals surface area contributed by atoms with Crippen LogP contribution in [0.4, 0.5) is 0 Å². The van der Waals surface area contributed by atoms with Gasteiger partial charge in [0.25, 0.3) is 0 Å². The first-order valence-corrected chi connectivity index (χ1v) is 9.06. The molecule has 0 saturated carbocycles. The Morgan fingerprint density at radius 1 is 0.690 bits per heavy atom. The van der Waals surface area contributed by atoms with Crippen LogP contribution in [0.1, 0.15) is 49.1 Å². The van der Waals surface area contributed by atoms with Gasteiger partial charge in [0.15, 0.2) is 5.78 Å². The molecule has 3 aromatic rings. The number of rotatable bonds is 5. The van der Waals surface area contributed by atoms with Gasteiger partial charge >= 0.3 is 11.9 Å². The maximum Gasteiger partial charge on any atom is 0.343 e. The fourth-order valence-electron chi connectivity index (χ4n) is 2.81. The van der Waals surface area contributed by atoms with E-state index >= 15 is 0 Å². The van der Waals surface area contributed by atoms with Gasteiger partial charge in [0.2, 0.25) is 0 Å². The van der Waals surface area contributed by atoms with Crippen molar-refractivity contribution >= 4 is 17.7 Å². The van der Waals surface area contributed by atoms with Gasteiger partial charge in [-0.2, -0.15) is 0 Å². The van der Waals surface area contributed by atoms with Crippen LogP contribution in [0.2, 0.25) is 0 Å². The number of Topliss-reactive ketones (excluding diaryl/α,β-unsaturated/α-hetero) is 1. The summed E-state index contributed by atoms with van der Waals surface area (Å²) in [6.45, 7) is 5.11. The van der Waals surface area contributed by atoms with E-state index in [1.807, 2.05) is 26.0 Å². The fraction of sp³-hybridized carbons (Fsp3) is 0.125. The van der Waals surface area contributed by atoms with Gasteiger partial charge in [-0.05, 0) is 57.2 Å². The molecule has 3 aromatic carbocycles. The molecule has 0 saturated heterocycles. The molecule has 0 amide bonds. The number of ketones is 1. The number of aryl methyl sites for hydroxylation is 2. The lowest BCUT2D eigenvalue weighted by atomic mass is 10.1. The molecule has 0 aliphatic rings. The number of ether oxygens (including phenoxy) is 2. The smallest absolute Gasteiger partial charge is 0.343 e. The molecule has 5 nitrogen and oxygen atoms in total. The van der Waals surface area contributed by atoms with E-state index in [9.17, 15) is 14.4 Å². The van der Waals surface area contributed by atoms with Crippen molar-refractivity contribution in [1.29, 1.82) is 0 Å². The Hall–Kier alpha value is -3.73. The highest BCUT2D eigenvalue weighted by molar-refractivity contribution is 5.99. The van der Waals surface area contributed by atoms with Gasteiger partial charge in [0.05, 0.1) is 16.7 Å². The molecular weight excluding hydrogens is 368 g/mol. The molecule has 0 bridgehead atoms. The lowest BCUT2D eigenvalue weighted by molar-refractivity contribution is 0.0731. The van der Waals surface area contributed by atoms with Gasteiger partial charge in [-0.1, -0.05) is 35.4 Å². The Bertz CT molecular complexity index is 1100. The highest BCUT2D eigenvalue weighted by Crippen LogP contribution is 2.27. The molecular formula is C24H20O5. The minimum absolute atomic E-state index is 0.0403. The van der Waals surface area contributed by atoms with Crippen molar-refractivity contribution in [2.24, 2.45) is 0 Å². The van der Waals surface area contributed by atoms with E-state index < -0.39 is 11.9 Å². The largest absolute Gasteiger partial charge is 0.423 e. The standard InChI is InChI=1S/C24H20O5/c1-15-6-4-8-18(12-15)23(26)28-20-10-11-21(17(3)25)22(14-20)29-24(27)19-9-5-7-16(2)13-19/h4-14H,1-3H3. The zero-order valence-corrected chi connectivity index (χ0v) is 16.4. The van der Waals surface area contributed by atoms with E-state index in [4.69, 9.17) is 9.47 Å². The van der Waals surface area contributed by atoms with Crippen molar-refractivity contribution in [3.8, 4) is 11.5 Å². The van der Waals surface area contributed by atoms with Crippen LogP contribution in [0.15, 0.2) is 66.7 Å². The molecule has 29 heavy (non-hydrogen) atoms. The van der Waals surface area contributed by atoms with Gasteiger partial charge in [-0.25, -0.2) is 9.59 Å². The van der Waals surface area contributed by atoms with Crippen molar-refractivity contribution in [1.82, 2.24) is 0 Å². The van der Waals surface area contributed by atoms with Crippen molar-refractivity contribution in [3.05, 3.63) is 94.5 Å². The predicted octanol–water partition coefficient (Wildman–Crippen LogP) is 4.94. The van der Waals surface area contributed by atoms with Crippen LogP contribution in [0, 0.1) is 13.8 Å². The second-order valence-electron chi connectivity index (χ2n) is 6.73. The molecule has 0 atom stereocenters. The number of carbonyl (C=O) groups excluding carboxylic acids is 3. The zero-order valence-electron chi connectivity index (χ0n) is 16.4. The first-order valence-electron chi connectivity index (χ1n) is 9.06. The lowest BCUT2D eigenvalue weighted by Crippen LogP contribution is -2.12. The van der Waals surface area contributed by atoms with Crippen LogP contribution in [0.25, 0.3) is 0 Å². The SMILES string of the molecule is CC(=O)c1ccc(OC(=O)c2cccc(C)c2)cc1OC(=O)c1cccc(C)c1. The Morgan fingerprint density at radius 2 is 1.24 bits per heavy atom. The predicted molar refractivity (Wildman–Crippen MR) is 109 cm³/mol. The van der Waals surface area contributed by atoms with Gasteiger partial charge in [0.1, 0.15) is 11.5 Å². The van der Waals surface area contributed by atoms with Crippen molar-refractivity contribution in [3.63, 3.8) is 0 Å². The lowest BCUT2D eigenvalue weighted by Gasteiger charge is -2.11. The first-order chi connectivity index (χ1) is 13.8. The van der Waals surface area contributed by atoms with Crippen molar-refractivity contribution in [2.75, 3.05) is 0 Å².